The molecule has 0 saturated heterocycles. The molecule has 0 aliphatic heterocycles. The van der Waals surface area contributed by atoms with Crippen LogP contribution in [0.15, 0.2) is 30.5 Å². The molecule has 0 saturated carbocycles. The Morgan fingerprint density at radius 1 is 1.30 bits per heavy atom. The van der Waals surface area contributed by atoms with E-state index in [1.165, 1.54) is 0 Å². The first-order chi connectivity index (χ1) is 9.60. The number of nitrogens with one attached hydrogen (secondary N) is 1. The van der Waals surface area contributed by atoms with Gasteiger partial charge in [0.1, 0.15) is 11.6 Å². The average molecular weight is 273 g/mol. The summed E-state index contributed by atoms with van der Waals surface area (Å²) in [5, 5.41) is 3.25. The molecular formula is C14H19N5O. The van der Waals surface area contributed by atoms with Crippen LogP contribution in [0, 0.1) is 0 Å². The Bertz CT molecular complexity index is 586. The Morgan fingerprint density at radius 3 is 2.75 bits per heavy atom. The van der Waals surface area contributed by atoms with Gasteiger partial charge >= 0.3 is 0 Å². The van der Waals surface area contributed by atoms with Crippen LogP contribution in [0.5, 0.6) is 5.75 Å². The smallest absolute Gasteiger partial charge is 0.226 e. The van der Waals surface area contributed by atoms with Crippen LogP contribution in [0.2, 0.25) is 0 Å². The quantitative estimate of drug-likeness (QED) is 0.808. The van der Waals surface area contributed by atoms with Crippen molar-refractivity contribution < 1.29 is 4.74 Å². The largest absolute Gasteiger partial charge is 0.495 e. The first-order valence-electron chi connectivity index (χ1n) is 6.27. The van der Waals surface area contributed by atoms with Gasteiger partial charge in [-0.3, -0.25) is 0 Å². The molecule has 0 aliphatic carbocycles. The molecule has 0 atom stereocenters. The summed E-state index contributed by atoms with van der Waals surface area (Å²) in [6.07, 6.45) is 1.73. The van der Waals surface area contributed by atoms with Gasteiger partial charge in [0.25, 0.3) is 0 Å². The summed E-state index contributed by atoms with van der Waals surface area (Å²) in [4.78, 5) is 10.4. The molecule has 106 valence electrons. The number of nitrogen functional groups attached to an aromatic ring is 1. The molecule has 0 radical (unpaired) electrons. The van der Waals surface area contributed by atoms with Gasteiger partial charge in [-0.1, -0.05) is 6.07 Å². The van der Waals surface area contributed by atoms with Gasteiger partial charge in [-0.15, -0.1) is 0 Å². The van der Waals surface area contributed by atoms with Crippen molar-refractivity contribution in [1.82, 2.24) is 9.97 Å². The zero-order valence-electron chi connectivity index (χ0n) is 11.9. The molecule has 0 spiro atoms. The fraction of sp³-hybridized carbons (Fsp3) is 0.286. The minimum Gasteiger partial charge on any atom is -0.495 e. The molecule has 0 fully saturated rings. The van der Waals surface area contributed by atoms with E-state index in [0.717, 1.165) is 11.4 Å². The number of nitrogens with zero attached hydrogens (tertiary/aromatic N) is 3. The number of anilines is 3. The zero-order chi connectivity index (χ0) is 14.5. The van der Waals surface area contributed by atoms with E-state index >= 15 is 0 Å². The Balaban J connectivity index is 2.05. The second-order valence-corrected chi connectivity index (χ2v) is 4.57. The highest BCUT2D eigenvalue weighted by Crippen LogP contribution is 2.22. The molecule has 0 unspecified atom stereocenters. The van der Waals surface area contributed by atoms with Crippen LogP contribution >= 0.6 is 0 Å². The maximum absolute atomic E-state index is 5.88. The van der Waals surface area contributed by atoms with Gasteiger partial charge in [-0.2, -0.15) is 4.98 Å². The third-order valence-electron chi connectivity index (χ3n) is 2.81. The topological polar surface area (TPSA) is 76.3 Å². The Morgan fingerprint density at radius 2 is 2.10 bits per heavy atom. The van der Waals surface area contributed by atoms with E-state index in [4.69, 9.17) is 10.5 Å². The van der Waals surface area contributed by atoms with Crippen LogP contribution in [0.25, 0.3) is 0 Å². The van der Waals surface area contributed by atoms with Crippen LogP contribution in [-0.4, -0.2) is 31.2 Å². The average Bonchev–Trinajstić information content (AvgIpc) is 2.45. The SMILES string of the molecule is COc1ccc(CNc2ccnc(N(C)C)n2)cc1N. The van der Waals surface area contributed by atoms with E-state index in [1.54, 1.807) is 13.3 Å². The van der Waals surface area contributed by atoms with E-state index in [1.807, 2.05) is 43.3 Å². The monoisotopic (exact) mass is 273 g/mol. The lowest BCUT2D eigenvalue weighted by Gasteiger charge is -2.12. The first-order valence-corrected chi connectivity index (χ1v) is 6.27. The minimum absolute atomic E-state index is 0.628. The minimum atomic E-state index is 0.628. The third kappa shape index (κ3) is 3.28. The number of benzene rings is 1. The van der Waals surface area contributed by atoms with E-state index in [2.05, 4.69) is 15.3 Å². The number of nitrogens with two attached hydrogens (primary N) is 1. The second-order valence-electron chi connectivity index (χ2n) is 4.57. The summed E-state index contributed by atoms with van der Waals surface area (Å²) in [7, 11) is 5.42. The fourth-order valence-electron chi connectivity index (χ4n) is 1.75. The van der Waals surface area contributed by atoms with E-state index < -0.39 is 0 Å². The Labute approximate surface area is 118 Å². The van der Waals surface area contributed by atoms with Crippen LogP contribution in [0.1, 0.15) is 5.56 Å². The summed E-state index contributed by atoms with van der Waals surface area (Å²) in [6, 6.07) is 7.55. The van der Waals surface area contributed by atoms with Gasteiger partial charge < -0.3 is 20.7 Å². The summed E-state index contributed by atoms with van der Waals surface area (Å²) >= 11 is 0. The van der Waals surface area contributed by atoms with Gasteiger partial charge in [-0.05, 0) is 23.8 Å². The van der Waals surface area contributed by atoms with Crippen molar-refractivity contribution in [3.63, 3.8) is 0 Å². The normalized spacial score (nSPS) is 10.2. The maximum Gasteiger partial charge on any atom is 0.226 e. The highest BCUT2D eigenvalue weighted by atomic mass is 16.5. The van der Waals surface area contributed by atoms with Crippen molar-refractivity contribution in [2.75, 3.05) is 37.2 Å². The molecule has 2 rings (SSSR count). The predicted octanol–water partition coefficient (Wildman–Crippen LogP) is 1.75. The number of ether oxygens (including phenoxy) is 1. The van der Waals surface area contributed by atoms with E-state index in [0.29, 0.717) is 23.9 Å². The molecule has 6 nitrogen and oxygen atoms in total. The third-order valence-corrected chi connectivity index (χ3v) is 2.81. The summed E-state index contributed by atoms with van der Waals surface area (Å²) in [6.45, 7) is 0.637. The van der Waals surface area contributed by atoms with Gasteiger partial charge in [0.15, 0.2) is 0 Å². The molecule has 0 bridgehead atoms. The second kappa shape index (κ2) is 6.10. The van der Waals surface area contributed by atoms with E-state index in [9.17, 15) is 0 Å². The Kier molecular flexibility index (Phi) is 4.24. The van der Waals surface area contributed by atoms with E-state index in [-0.39, 0.29) is 0 Å². The van der Waals surface area contributed by atoms with Gasteiger partial charge in [0.05, 0.1) is 12.8 Å². The summed E-state index contributed by atoms with van der Waals surface area (Å²) in [5.41, 5.74) is 7.57. The highest BCUT2D eigenvalue weighted by Gasteiger charge is 2.03. The first kappa shape index (κ1) is 13.9. The molecule has 1 heterocycles. The van der Waals surface area contributed by atoms with Crippen molar-refractivity contribution in [3.8, 4) is 5.75 Å². The van der Waals surface area contributed by atoms with Crippen LogP contribution in [-0.2, 0) is 6.54 Å². The number of hydrogen-bond acceptors (Lipinski definition) is 6. The molecule has 0 amide bonds. The summed E-state index contributed by atoms with van der Waals surface area (Å²) in [5.74, 6) is 2.13. The molecule has 2 aromatic rings. The van der Waals surface area contributed by atoms with Crippen LogP contribution in [0.3, 0.4) is 0 Å². The lowest BCUT2D eigenvalue weighted by molar-refractivity contribution is 0.417. The van der Waals surface area contributed by atoms with Gasteiger partial charge in [-0.25, -0.2) is 4.98 Å². The number of hydrogen-bond donors (Lipinski definition) is 2. The maximum atomic E-state index is 5.88. The number of methoxy groups -OCH3 is 1. The van der Waals surface area contributed by atoms with Crippen molar-refractivity contribution in [3.05, 3.63) is 36.0 Å². The molecule has 1 aromatic carbocycles. The summed E-state index contributed by atoms with van der Waals surface area (Å²) < 4.78 is 5.13. The zero-order valence-corrected chi connectivity index (χ0v) is 11.9. The molecule has 3 N–H and O–H groups in total. The van der Waals surface area contributed by atoms with Crippen LogP contribution in [0.4, 0.5) is 17.5 Å². The van der Waals surface area contributed by atoms with Crippen molar-refractivity contribution in [2.45, 2.75) is 6.54 Å². The number of aromatic nitrogens is 2. The lowest BCUT2D eigenvalue weighted by atomic mass is 10.2. The van der Waals surface area contributed by atoms with Crippen molar-refractivity contribution in [1.29, 1.82) is 0 Å². The number of rotatable bonds is 5. The fourth-order valence-corrected chi connectivity index (χ4v) is 1.75. The molecular weight excluding hydrogens is 254 g/mol. The molecule has 1 aromatic heterocycles. The van der Waals surface area contributed by atoms with Gasteiger partial charge in [0.2, 0.25) is 5.95 Å². The highest BCUT2D eigenvalue weighted by molar-refractivity contribution is 5.54. The van der Waals surface area contributed by atoms with Gasteiger partial charge in [0, 0.05) is 26.8 Å². The van der Waals surface area contributed by atoms with Crippen LogP contribution < -0.4 is 20.7 Å². The molecule has 20 heavy (non-hydrogen) atoms. The Hall–Kier alpha value is -2.50. The molecule has 0 aliphatic rings. The predicted molar refractivity (Wildman–Crippen MR) is 81.1 cm³/mol. The molecule has 6 heteroatoms. The van der Waals surface area contributed by atoms with Crippen molar-refractivity contribution in [2.24, 2.45) is 0 Å². The lowest BCUT2D eigenvalue weighted by Crippen LogP contribution is -2.13. The van der Waals surface area contributed by atoms with Crippen molar-refractivity contribution >= 4 is 17.5 Å². The standard InChI is InChI=1S/C14H19N5O/c1-19(2)14-16-7-6-13(18-14)17-9-10-4-5-12(20-3)11(15)8-10/h4-8H,9,15H2,1-3H3,(H,16,17,18).